The second-order valence-electron chi connectivity index (χ2n) is 7.17. The molecule has 0 atom stereocenters. The number of benzene rings is 2. The molecule has 152 valence electrons. The molecule has 2 aromatic carbocycles. The minimum atomic E-state index is -0.101. The third-order valence-electron chi connectivity index (χ3n) is 4.95. The predicted octanol–water partition coefficient (Wildman–Crippen LogP) is 4.57. The number of rotatable bonds is 6. The third-order valence-corrected chi connectivity index (χ3v) is 5.21. The number of carbonyl (C=O) groups excluding carboxylic acids is 1. The Morgan fingerprint density at radius 2 is 1.80 bits per heavy atom. The van der Waals surface area contributed by atoms with Gasteiger partial charge in [0.25, 0.3) is 0 Å². The van der Waals surface area contributed by atoms with Crippen LogP contribution in [0.3, 0.4) is 0 Å². The Kier molecular flexibility index (Phi) is 5.68. The van der Waals surface area contributed by atoms with Crippen LogP contribution in [0.2, 0.25) is 5.02 Å². The summed E-state index contributed by atoms with van der Waals surface area (Å²) in [6.07, 6.45) is 3.74. The highest BCUT2D eigenvalue weighted by Crippen LogP contribution is 2.20. The number of anilines is 1. The molecule has 0 aliphatic heterocycles. The van der Waals surface area contributed by atoms with Crippen LogP contribution in [0.1, 0.15) is 22.5 Å². The summed E-state index contributed by atoms with van der Waals surface area (Å²) in [4.78, 5) is 12.6. The van der Waals surface area contributed by atoms with Gasteiger partial charge < -0.3 is 5.32 Å². The van der Waals surface area contributed by atoms with Crippen LogP contribution in [-0.2, 0) is 17.8 Å². The maximum atomic E-state index is 12.6. The van der Waals surface area contributed by atoms with E-state index in [1.165, 1.54) is 0 Å². The van der Waals surface area contributed by atoms with Gasteiger partial charge in [-0.05, 0) is 43.7 Å². The third kappa shape index (κ3) is 4.44. The van der Waals surface area contributed by atoms with Crippen molar-refractivity contribution in [2.45, 2.75) is 26.8 Å². The van der Waals surface area contributed by atoms with Crippen molar-refractivity contribution in [3.05, 3.63) is 94.5 Å². The van der Waals surface area contributed by atoms with Crippen molar-refractivity contribution in [1.82, 2.24) is 19.6 Å². The van der Waals surface area contributed by atoms with E-state index in [9.17, 15) is 4.79 Å². The summed E-state index contributed by atoms with van der Waals surface area (Å²) < 4.78 is 3.65. The Bertz CT molecular complexity index is 1160. The molecule has 7 heteroatoms. The monoisotopic (exact) mass is 419 g/mol. The van der Waals surface area contributed by atoms with Gasteiger partial charge in [-0.3, -0.25) is 9.48 Å². The van der Waals surface area contributed by atoms with Crippen LogP contribution in [-0.4, -0.2) is 25.5 Å². The number of hydrogen-bond donors (Lipinski definition) is 1. The summed E-state index contributed by atoms with van der Waals surface area (Å²) in [6.45, 7) is 4.54. The lowest BCUT2D eigenvalue weighted by atomic mass is 10.1. The van der Waals surface area contributed by atoms with Crippen molar-refractivity contribution in [3.63, 3.8) is 0 Å². The second kappa shape index (κ2) is 8.55. The van der Waals surface area contributed by atoms with Gasteiger partial charge in [-0.25, -0.2) is 4.68 Å². The Hall–Kier alpha value is -3.38. The van der Waals surface area contributed by atoms with Crippen molar-refractivity contribution in [3.8, 4) is 5.69 Å². The first-order valence-corrected chi connectivity index (χ1v) is 10.0. The molecule has 0 saturated heterocycles. The Labute approximate surface area is 180 Å². The van der Waals surface area contributed by atoms with Gasteiger partial charge in [0, 0.05) is 22.5 Å². The number of aromatic nitrogens is 4. The fourth-order valence-corrected chi connectivity index (χ4v) is 3.54. The SMILES string of the molecule is Cc1nn(-c2ccc(Cl)cc2)c(C)c1CC(=O)Nc1cnn(Cc2ccccc2)c1. The molecule has 0 aliphatic carbocycles. The molecule has 1 amide bonds. The molecule has 0 radical (unpaired) electrons. The average molecular weight is 420 g/mol. The Balaban J connectivity index is 1.44. The van der Waals surface area contributed by atoms with Gasteiger partial charge in [0.1, 0.15) is 0 Å². The number of amides is 1. The summed E-state index contributed by atoms with van der Waals surface area (Å²) >= 11 is 5.98. The van der Waals surface area contributed by atoms with Crippen LogP contribution in [0, 0.1) is 13.8 Å². The molecular weight excluding hydrogens is 398 g/mol. The van der Waals surface area contributed by atoms with E-state index in [-0.39, 0.29) is 12.3 Å². The van der Waals surface area contributed by atoms with Gasteiger partial charge in [0.2, 0.25) is 5.91 Å². The lowest BCUT2D eigenvalue weighted by Gasteiger charge is -2.06. The minimum Gasteiger partial charge on any atom is -0.323 e. The summed E-state index contributed by atoms with van der Waals surface area (Å²) in [5.41, 5.74) is 5.42. The van der Waals surface area contributed by atoms with Gasteiger partial charge in [-0.2, -0.15) is 10.2 Å². The molecule has 6 nitrogen and oxygen atoms in total. The fourth-order valence-electron chi connectivity index (χ4n) is 3.42. The Morgan fingerprint density at radius 1 is 1.07 bits per heavy atom. The quantitative estimate of drug-likeness (QED) is 0.498. The molecule has 1 N–H and O–H groups in total. The number of nitrogens with zero attached hydrogens (tertiary/aromatic N) is 4. The molecule has 2 aromatic heterocycles. The molecule has 0 bridgehead atoms. The van der Waals surface area contributed by atoms with Gasteiger partial charge in [0.05, 0.1) is 36.2 Å². The molecule has 0 aliphatic rings. The first kappa shape index (κ1) is 19.9. The summed E-state index contributed by atoms with van der Waals surface area (Å²) in [6, 6.07) is 17.5. The van der Waals surface area contributed by atoms with Gasteiger partial charge >= 0.3 is 0 Å². The van der Waals surface area contributed by atoms with Crippen molar-refractivity contribution < 1.29 is 4.79 Å². The van der Waals surface area contributed by atoms with Crippen LogP contribution in [0.4, 0.5) is 5.69 Å². The van der Waals surface area contributed by atoms with E-state index in [1.807, 2.05) is 79.3 Å². The van der Waals surface area contributed by atoms with Crippen LogP contribution in [0.25, 0.3) is 5.69 Å². The van der Waals surface area contributed by atoms with E-state index in [0.29, 0.717) is 17.3 Å². The van der Waals surface area contributed by atoms with Crippen LogP contribution >= 0.6 is 11.6 Å². The second-order valence-corrected chi connectivity index (χ2v) is 7.61. The first-order chi connectivity index (χ1) is 14.5. The van der Waals surface area contributed by atoms with Crippen LogP contribution in [0.5, 0.6) is 0 Å². The number of carbonyl (C=O) groups is 1. The normalized spacial score (nSPS) is 10.9. The molecule has 30 heavy (non-hydrogen) atoms. The highest BCUT2D eigenvalue weighted by atomic mass is 35.5. The first-order valence-electron chi connectivity index (χ1n) is 9.67. The van der Waals surface area contributed by atoms with Crippen LogP contribution < -0.4 is 5.32 Å². The molecule has 0 spiro atoms. The average Bonchev–Trinajstić information content (AvgIpc) is 3.28. The van der Waals surface area contributed by atoms with E-state index in [1.54, 1.807) is 10.9 Å². The lowest BCUT2D eigenvalue weighted by Crippen LogP contribution is -2.15. The molecule has 0 saturated carbocycles. The topological polar surface area (TPSA) is 64.7 Å². The maximum absolute atomic E-state index is 12.6. The van der Waals surface area contributed by atoms with Crippen molar-refractivity contribution in [2.24, 2.45) is 0 Å². The van der Waals surface area contributed by atoms with E-state index >= 15 is 0 Å². The highest BCUT2D eigenvalue weighted by molar-refractivity contribution is 6.30. The largest absolute Gasteiger partial charge is 0.323 e. The smallest absolute Gasteiger partial charge is 0.229 e. The molecule has 4 rings (SSSR count). The molecule has 2 heterocycles. The standard InChI is InChI=1S/C23H22ClN5O/c1-16-22(17(2)29(27-16)21-10-8-19(24)9-11-21)12-23(30)26-20-13-25-28(15-20)14-18-6-4-3-5-7-18/h3-11,13,15H,12,14H2,1-2H3,(H,26,30). The Morgan fingerprint density at radius 3 is 2.53 bits per heavy atom. The van der Waals surface area contributed by atoms with Crippen molar-refractivity contribution in [2.75, 3.05) is 5.32 Å². The minimum absolute atomic E-state index is 0.101. The van der Waals surface area contributed by atoms with E-state index < -0.39 is 0 Å². The molecule has 0 unspecified atom stereocenters. The van der Waals surface area contributed by atoms with Gasteiger partial charge in [-0.15, -0.1) is 0 Å². The zero-order valence-corrected chi connectivity index (χ0v) is 17.6. The van der Waals surface area contributed by atoms with E-state index in [4.69, 9.17) is 11.6 Å². The molecule has 0 fully saturated rings. The molecular formula is C23H22ClN5O. The fraction of sp³-hybridized carbons (Fsp3) is 0.174. The maximum Gasteiger partial charge on any atom is 0.229 e. The predicted molar refractivity (Wildman–Crippen MR) is 118 cm³/mol. The van der Waals surface area contributed by atoms with Crippen LogP contribution in [0.15, 0.2) is 67.0 Å². The zero-order valence-electron chi connectivity index (χ0n) is 16.8. The molecule has 4 aromatic rings. The summed E-state index contributed by atoms with van der Waals surface area (Å²) in [7, 11) is 0. The summed E-state index contributed by atoms with van der Waals surface area (Å²) in [5.74, 6) is -0.101. The van der Waals surface area contributed by atoms with Crippen molar-refractivity contribution >= 4 is 23.2 Å². The van der Waals surface area contributed by atoms with Gasteiger partial charge in [-0.1, -0.05) is 41.9 Å². The number of nitrogens with one attached hydrogen (secondary N) is 1. The lowest BCUT2D eigenvalue weighted by molar-refractivity contribution is -0.115. The highest BCUT2D eigenvalue weighted by Gasteiger charge is 2.16. The van der Waals surface area contributed by atoms with E-state index in [2.05, 4.69) is 15.5 Å². The number of aryl methyl sites for hydroxylation is 1. The van der Waals surface area contributed by atoms with Crippen molar-refractivity contribution in [1.29, 1.82) is 0 Å². The number of hydrogen-bond acceptors (Lipinski definition) is 3. The number of halogens is 1. The van der Waals surface area contributed by atoms with Gasteiger partial charge in [0.15, 0.2) is 0 Å². The van der Waals surface area contributed by atoms with E-state index in [0.717, 1.165) is 28.2 Å². The summed E-state index contributed by atoms with van der Waals surface area (Å²) in [5, 5.41) is 12.5. The zero-order chi connectivity index (χ0) is 21.1.